The zero-order chi connectivity index (χ0) is 11.3. The van der Waals surface area contributed by atoms with Gasteiger partial charge in [-0.25, -0.2) is 4.39 Å². The zero-order valence-corrected chi connectivity index (χ0v) is 8.87. The Morgan fingerprint density at radius 3 is 2.38 bits per heavy atom. The lowest BCUT2D eigenvalue weighted by Crippen LogP contribution is -1.87. The van der Waals surface area contributed by atoms with Gasteiger partial charge in [0.05, 0.1) is 0 Å². The van der Waals surface area contributed by atoms with Crippen molar-refractivity contribution in [1.82, 2.24) is 4.57 Å². The first-order chi connectivity index (χ1) is 7.66. The van der Waals surface area contributed by atoms with E-state index in [9.17, 15) is 4.39 Å². The Labute approximate surface area is 92.1 Å². The van der Waals surface area contributed by atoms with E-state index in [1.165, 1.54) is 6.07 Å². The van der Waals surface area contributed by atoms with Crippen LogP contribution in [0.4, 0.5) is 10.1 Å². The predicted molar refractivity (Wildman–Crippen MR) is 64.8 cm³/mol. The van der Waals surface area contributed by atoms with Crippen molar-refractivity contribution in [3.05, 3.63) is 42.2 Å². The molecule has 0 fully saturated rings. The molecule has 1 aromatic heterocycles. The molecule has 0 aliphatic carbocycles. The van der Waals surface area contributed by atoms with Crippen LogP contribution in [0.3, 0.4) is 0 Å². The van der Waals surface area contributed by atoms with Gasteiger partial charge < -0.3 is 10.3 Å². The van der Waals surface area contributed by atoms with E-state index in [4.69, 9.17) is 5.73 Å². The lowest BCUT2D eigenvalue weighted by atomic mass is 10.1. The number of rotatable bonds is 0. The maximum atomic E-state index is 13.2. The lowest BCUT2D eigenvalue weighted by molar-refractivity contribution is 0.629. The SMILES string of the molecule is Cn1c2ccc(N)cc2c2cc(F)ccc21. The molecule has 0 aliphatic rings. The third-order valence-corrected chi connectivity index (χ3v) is 2.99. The number of nitrogens with two attached hydrogens (primary N) is 1. The van der Waals surface area contributed by atoms with E-state index in [1.54, 1.807) is 12.1 Å². The fourth-order valence-corrected chi connectivity index (χ4v) is 2.21. The summed E-state index contributed by atoms with van der Waals surface area (Å²) in [7, 11) is 1.97. The van der Waals surface area contributed by atoms with E-state index in [1.807, 2.05) is 29.8 Å². The van der Waals surface area contributed by atoms with Gasteiger partial charge in [-0.2, -0.15) is 0 Å². The summed E-state index contributed by atoms with van der Waals surface area (Å²) in [5.74, 6) is -0.220. The highest BCUT2D eigenvalue weighted by Gasteiger charge is 2.08. The van der Waals surface area contributed by atoms with Gasteiger partial charge in [0.15, 0.2) is 0 Å². The minimum atomic E-state index is -0.220. The van der Waals surface area contributed by atoms with Gasteiger partial charge in [0.2, 0.25) is 0 Å². The van der Waals surface area contributed by atoms with Gasteiger partial charge in [-0.05, 0) is 36.4 Å². The van der Waals surface area contributed by atoms with Crippen molar-refractivity contribution >= 4 is 27.5 Å². The average molecular weight is 214 g/mol. The highest BCUT2D eigenvalue weighted by molar-refractivity contribution is 6.08. The number of aromatic nitrogens is 1. The molecule has 80 valence electrons. The molecule has 3 aromatic rings. The summed E-state index contributed by atoms with van der Waals surface area (Å²) in [6.45, 7) is 0. The van der Waals surface area contributed by atoms with Gasteiger partial charge in [-0.15, -0.1) is 0 Å². The summed E-state index contributed by atoms with van der Waals surface area (Å²) in [6, 6.07) is 10.5. The second-order valence-electron chi connectivity index (χ2n) is 4.00. The molecule has 2 N–H and O–H groups in total. The first-order valence-corrected chi connectivity index (χ1v) is 5.10. The summed E-state index contributed by atoms with van der Waals surface area (Å²) in [6.07, 6.45) is 0. The number of aryl methyl sites for hydroxylation is 1. The summed E-state index contributed by atoms with van der Waals surface area (Å²) < 4.78 is 15.3. The molecule has 0 amide bonds. The molecule has 3 heteroatoms. The number of fused-ring (bicyclic) bond motifs is 3. The van der Waals surface area contributed by atoms with Crippen LogP contribution in [-0.4, -0.2) is 4.57 Å². The fraction of sp³-hybridized carbons (Fsp3) is 0.0769. The van der Waals surface area contributed by atoms with Crippen LogP contribution in [-0.2, 0) is 7.05 Å². The van der Waals surface area contributed by atoms with Crippen LogP contribution in [0.1, 0.15) is 0 Å². The van der Waals surface area contributed by atoms with E-state index in [-0.39, 0.29) is 5.82 Å². The number of nitrogen functional groups attached to an aromatic ring is 1. The minimum absolute atomic E-state index is 0.220. The normalized spacial score (nSPS) is 11.4. The average Bonchev–Trinajstić information content (AvgIpc) is 2.52. The van der Waals surface area contributed by atoms with Gasteiger partial charge in [-0.1, -0.05) is 0 Å². The summed E-state index contributed by atoms with van der Waals surface area (Å²) in [5.41, 5.74) is 8.54. The molecule has 1 heterocycles. The Bertz CT molecular complexity index is 639. The fourth-order valence-electron chi connectivity index (χ4n) is 2.21. The van der Waals surface area contributed by atoms with Crippen LogP contribution >= 0.6 is 0 Å². The molecule has 0 aliphatic heterocycles. The number of hydrogen-bond donors (Lipinski definition) is 1. The molecule has 0 spiro atoms. The Balaban J connectivity index is 2.60. The molecule has 0 saturated carbocycles. The van der Waals surface area contributed by atoms with Crippen LogP contribution in [0, 0.1) is 5.82 Å². The number of anilines is 1. The van der Waals surface area contributed by atoms with E-state index >= 15 is 0 Å². The van der Waals surface area contributed by atoms with Crippen molar-refractivity contribution in [3.8, 4) is 0 Å². The van der Waals surface area contributed by atoms with Crippen molar-refractivity contribution < 1.29 is 4.39 Å². The summed E-state index contributed by atoms with van der Waals surface area (Å²) in [5, 5.41) is 1.90. The van der Waals surface area contributed by atoms with Crippen LogP contribution in [0.2, 0.25) is 0 Å². The molecule has 2 nitrogen and oxygen atoms in total. The third-order valence-electron chi connectivity index (χ3n) is 2.99. The number of hydrogen-bond acceptors (Lipinski definition) is 1. The topological polar surface area (TPSA) is 30.9 Å². The van der Waals surface area contributed by atoms with Crippen LogP contribution in [0.25, 0.3) is 21.8 Å². The van der Waals surface area contributed by atoms with E-state index in [0.717, 1.165) is 21.8 Å². The molecule has 0 atom stereocenters. The van der Waals surface area contributed by atoms with Gasteiger partial charge in [-0.3, -0.25) is 0 Å². The number of benzene rings is 2. The Morgan fingerprint density at radius 2 is 1.62 bits per heavy atom. The van der Waals surface area contributed by atoms with Crippen molar-refractivity contribution in [2.45, 2.75) is 0 Å². The van der Waals surface area contributed by atoms with Gasteiger partial charge in [0, 0.05) is 34.5 Å². The van der Waals surface area contributed by atoms with Gasteiger partial charge in [0.1, 0.15) is 5.82 Å². The molecular formula is C13H11FN2. The molecule has 3 rings (SSSR count). The molecule has 0 unspecified atom stereocenters. The lowest BCUT2D eigenvalue weighted by Gasteiger charge is -1.97. The first kappa shape index (κ1) is 9.21. The molecular weight excluding hydrogens is 203 g/mol. The molecule has 2 aromatic carbocycles. The first-order valence-electron chi connectivity index (χ1n) is 5.10. The Morgan fingerprint density at radius 1 is 1.00 bits per heavy atom. The van der Waals surface area contributed by atoms with Crippen molar-refractivity contribution in [3.63, 3.8) is 0 Å². The number of nitrogens with zero attached hydrogens (tertiary/aromatic N) is 1. The van der Waals surface area contributed by atoms with Crippen molar-refractivity contribution in [2.24, 2.45) is 7.05 Å². The quantitative estimate of drug-likeness (QED) is 0.573. The van der Waals surface area contributed by atoms with Crippen molar-refractivity contribution in [1.29, 1.82) is 0 Å². The van der Waals surface area contributed by atoms with Crippen molar-refractivity contribution in [2.75, 3.05) is 5.73 Å². The third kappa shape index (κ3) is 1.11. The highest BCUT2D eigenvalue weighted by atomic mass is 19.1. The van der Waals surface area contributed by atoms with Crippen LogP contribution in [0.15, 0.2) is 36.4 Å². The second kappa shape index (κ2) is 2.98. The Hall–Kier alpha value is -2.03. The predicted octanol–water partition coefficient (Wildman–Crippen LogP) is 3.05. The van der Waals surface area contributed by atoms with Gasteiger partial charge >= 0.3 is 0 Å². The zero-order valence-electron chi connectivity index (χ0n) is 8.87. The van der Waals surface area contributed by atoms with E-state index in [2.05, 4.69) is 0 Å². The smallest absolute Gasteiger partial charge is 0.123 e. The van der Waals surface area contributed by atoms with E-state index < -0.39 is 0 Å². The van der Waals surface area contributed by atoms with Crippen LogP contribution < -0.4 is 5.73 Å². The molecule has 16 heavy (non-hydrogen) atoms. The second-order valence-corrected chi connectivity index (χ2v) is 4.00. The highest BCUT2D eigenvalue weighted by Crippen LogP contribution is 2.29. The van der Waals surface area contributed by atoms with Gasteiger partial charge in [0.25, 0.3) is 0 Å². The molecule has 0 bridgehead atoms. The van der Waals surface area contributed by atoms with Crippen LogP contribution in [0.5, 0.6) is 0 Å². The Kier molecular flexibility index (Phi) is 1.72. The minimum Gasteiger partial charge on any atom is -0.399 e. The molecule has 0 radical (unpaired) electrons. The largest absolute Gasteiger partial charge is 0.399 e. The number of halogens is 1. The standard InChI is InChI=1S/C13H11FN2/c1-16-12-4-2-8(14)6-10(12)11-7-9(15)3-5-13(11)16/h2-7H,15H2,1H3. The monoisotopic (exact) mass is 214 g/mol. The summed E-state index contributed by atoms with van der Waals surface area (Å²) in [4.78, 5) is 0. The van der Waals surface area contributed by atoms with E-state index in [0.29, 0.717) is 5.69 Å². The maximum absolute atomic E-state index is 13.2. The summed E-state index contributed by atoms with van der Waals surface area (Å²) >= 11 is 0. The maximum Gasteiger partial charge on any atom is 0.123 e. The molecule has 0 saturated heterocycles.